The summed E-state index contributed by atoms with van der Waals surface area (Å²) in [5.74, 6) is 1.24. The molecule has 2 fully saturated rings. The third kappa shape index (κ3) is 2.86. The lowest BCUT2D eigenvalue weighted by atomic mass is 9.92. The van der Waals surface area contributed by atoms with Crippen molar-refractivity contribution in [2.24, 2.45) is 17.8 Å². The molecule has 0 aliphatic heterocycles. The molecule has 0 aromatic carbocycles. The molecule has 0 heterocycles. The Morgan fingerprint density at radius 2 is 2.11 bits per heavy atom. The van der Waals surface area contributed by atoms with Gasteiger partial charge in [-0.2, -0.15) is 0 Å². The summed E-state index contributed by atoms with van der Waals surface area (Å²) in [6.45, 7) is 6.64. The Morgan fingerprint density at radius 1 is 1.50 bits per heavy atom. The summed E-state index contributed by atoms with van der Waals surface area (Å²) >= 11 is 0. The topological polar surface area (TPSA) is 52.6 Å². The van der Waals surface area contributed by atoms with E-state index in [0.717, 1.165) is 37.8 Å². The zero-order valence-corrected chi connectivity index (χ0v) is 11.8. The summed E-state index contributed by atoms with van der Waals surface area (Å²) in [4.78, 5) is 13.9. The Balaban J connectivity index is 1.97. The highest BCUT2D eigenvalue weighted by atomic mass is 16.4. The van der Waals surface area contributed by atoms with Gasteiger partial charge in [-0.3, -0.25) is 4.79 Å². The van der Waals surface area contributed by atoms with E-state index in [1.807, 2.05) is 6.92 Å². The van der Waals surface area contributed by atoms with Gasteiger partial charge in [0.25, 0.3) is 0 Å². The molecular formula is C14H26N2O2. The fourth-order valence-electron chi connectivity index (χ4n) is 3.08. The van der Waals surface area contributed by atoms with Gasteiger partial charge in [0.1, 0.15) is 5.54 Å². The van der Waals surface area contributed by atoms with Crippen molar-refractivity contribution in [2.75, 3.05) is 26.7 Å². The van der Waals surface area contributed by atoms with E-state index in [-0.39, 0.29) is 0 Å². The van der Waals surface area contributed by atoms with E-state index in [2.05, 4.69) is 24.2 Å². The molecule has 0 radical (unpaired) electrons. The first-order valence-electron chi connectivity index (χ1n) is 7.16. The van der Waals surface area contributed by atoms with Crippen LogP contribution < -0.4 is 5.32 Å². The molecule has 0 aromatic heterocycles. The maximum Gasteiger partial charge on any atom is 0.325 e. The van der Waals surface area contributed by atoms with Crippen LogP contribution in [-0.2, 0) is 4.79 Å². The molecule has 2 rings (SSSR count). The number of carboxylic acid groups (broad SMARTS) is 1. The zero-order valence-electron chi connectivity index (χ0n) is 11.8. The van der Waals surface area contributed by atoms with Crippen LogP contribution in [0.15, 0.2) is 0 Å². The molecule has 0 saturated heterocycles. The number of aliphatic carboxylic acids is 1. The molecular weight excluding hydrogens is 228 g/mol. The smallest absolute Gasteiger partial charge is 0.325 e. The van der Waals surface area contributed by atoms with Crippen LogP contribution in [0.25, 0.3) is 0 Å². The quantitative estimate of drug-likeness (QED) is 0.688. The van der Waals surface area contributed by atoms with E-state index >= 15 is 0 Å². The second-order valence-electron chi connectivity index (χ2n) is 6.25. The van der Waals surface area contributed by atoms with Crippen molar-refractivity contribution in [3.8, 4) is 0 Å². The standard InChI is InChI=1S/C14H26N2O2/c1-4-15-14(13(17)18,12-5-6-12)9-16(3)8-11-7-10(11)2/h10-12,15H,4-9H2,1-3H3,(H,17,18). The van der Waals surface area contributed by atoms with E-state index in [1.54, 1.807) is 0 Å². The van der Waals surface area contributed by atoms with Crippen molar-refractivity contribution < 1.29 is 9.90 Å². The van der Waals surface area contributed by atoms with Gasteiger partial charge in [-0.05, 0) is 50.6 Å². The fourth-order valence-corrected chi connectivity index (χ4v) is 3.08. The van der Waals surface area contributed by atoms with Gasteiger partial charge in [-0.25, -0.2) is 0 Å². The van der Waals surface area contributed by atoms with Crippen molar-refractivity contribution >= 4 is 5.97 Å². The minimum absolute atomic E-state index is 0.314. The second kappa shape index (κ2) is 5.17. The molecule has 18 heavy (non-hydrogen) atoms. The van der Waals surface area contributed by atoms with Gasteiger partial charge in [0.05, 0.1) is 0 Å². The minimum atomic E-state index is -0.721. The third-order valence-corrected chi connectivity index (χ3v) is 4.49. The van der Waals surface area contributed by atoms with Crippen LogP contribution in [0.4, 0.5) is 0 Å². The SMILES string of the molecule is CCNC(CN(C)CC1CC1C)(C(=O)O)C1CC1. The van der Waals surface area contributed by atoms with Crippen molar-refractivity contribution in [1.82, 2.24) is 10.2 Å². The van der Waals surface area contributed by atoms with E-state index in [0.29, 0.717) is 12.5 Å². The number of hydrogen-bond acceptors (Lipinski definition) is 3. The lowest BCUT2D eigenvalue weighted by molar-refractivity contribution is -0.146. The van der Waals surface area contributed by atoms with Crippen molar-refractivity contribution in [2.45, 2.75) is 38.6 Å². The molecule has 0 spiro atoms. The van der Waals surface area contributed by atoms with E-state index in [9.17, 15) is 9.90 Å². The molecule has 3 unspecified atom stereocenters. The van der Waals surface area contributed by atoms with Crippen LogP contribution in [0.5, 0.6) is 0 Å². The first-order valence-corrected chi connectivity index (χ1v) is 7.16. The van der Waals surface area contributed by atoms with Crippen LogP contribution in [0, 0.1) is 17.8 Å². The number of carboxylic acids is 1. The van der Waals surface area contributed by atoms with Crippen LogP contribution in [0.2, 0.25) is 0 Å². The highest BCUT2D eigenvalue weighted by Gasteiger charge is 2.51. The average molecular weight is 254 g/mol. The molecule has 0 bridgehead atoms. The van der Waals surface area contributed by atoms with E-state index < -0.39 is 11.5 Å². The normalized spacial score (nSPS) is 30.2. The molecule has 0 aromatic rings. The first-order chi connectivity index (χ1) is 8.49. The lowest BCUT2D eigenvalue weighted by Gasteiger charge is -2.34. The molecule has 2 N–H and O–H groups in total. The van der Waals surface area contributed by atoms with Crippen LogP contribution in [0.1, 0.15) is 33.1 Å². The van der Waals surface area contributed by atoms with Crippen molar-refractivity contribution in [1.29, 1.82) is 0 Å². The molecule has 3 atom stereocenters. The predicted molar refractivity (Wildman–Crippen MR) is 71.5 cm³/mol. The molecule has 4 heteroatoms. The van der Waals surface area contributed by atoms with Gasteiger partial charge in [-0.1, -0.05) is 13.8 Å². The average Bonchev–Trinajstić information content (AvgIpc) is 3.15. The summed E-state index contributed by atoms with van der Waals surface area (Å²) in [7, 11) is 2.06. The Kier molecular flexibility index (Phi) is 3.97. The van der Waals surface area contributed by atoms with Gasteiger partial charge >= 0.3 is 5.97 Å². The van der Waals surface area contributed by atoms with Gasteiger partial charge in [0, 0.05) is 13.1 Å². The number of hydrogen-bond donors (Lipinski definition) is 2. The number of nitrogens with one attached hydrogen (secondary N) is 1. The fraction of sp³-hybridized carbons (Fsp3) is 0.929. The highest BCUT2D eigenvalue weighted by Crippen LogP contribution is 2.42. The van der Waals surface area contributed by atoms with Crippen LogP contribution in [-0.4, -0.2) is 48.2 Å². The number of rotatable bonds is 8. The minimum Gasteiger partial charge on any atom is -0.480 e. The molecule has 2 aliphatic carbocycles. The largest absolute Gasteiger partial charge is 0.480 e. The number of carbonyl (C=O) groups is 1. The van der Waals surface area contributed by atoms with Crippen LogP contribution >= 0.6 is 0 Å². The van der Waals surface area contributed by atoms with E-state index in [1.165, 1.54) is 6.42 Å². The Hall–Kier alpha value is -0.610. The van der Waals surface area contributed by atoms with Gasteiger partial charge in [0.15, 0.2) is 0 Å². The first kappa shape index (κ1) is 13.8. The summed E-state index contributed by atoms with van der Waals surface area (Å²) in [5.41, 5.74) is -0.721. The second-order valence-corrected chi connectivity index (χ2v) is 6.25. The molecule has 2 saturated carbocycles. The van der Waals surface area contributed by atoms with Gasteiger partial charge in [-0.15, -0.1) is 0 Å². The predicted octanol–water partition coefficient (Wildman–Crippen LogP) is 1.42. The zero-order chi connectivity index (χ0) is 13.3. The van der Waals surface area contributed by atoms with Crippen molar-refractivity contribution in [3.63, 3.8) is 0 Å². The maximum atomic E-state index is 11.7. The van der Waals surface area contributed by atoms with E-state index in [4.69, 9.17) is 0 Å². The molecule has 0 amide bonds. The molecule has 2 aliphatic rings. The summed E-state index contributed by atoms with van der Waals surface area (Å²) in [5, 5.41) is 12.9. The Labute approximate surface area is 110 Å². The van der Waals surface area contributed by atoms with Gasteiger partial charge in [0.2, 0.25) is 0 Å². The summed E-state index contributed by atoms with van der Waals surface area (Å²) < 4.78 is 0. The Morgan fingerprint density at radius 3 is 2.50 bits per heavy atom. The van der Waals surface area contributed by atoms with Crippen LogP contribution in [0.3, 0.4) is 0 Å². The monoisotopic (exact) mass is 254 g/mol. The van der Waals surface area contributed by atoms with Gasteiger partial charge < -0.3 is 15.3 Å². The summed E-state index contributed by atoms with van der Waals surface area (Å²) in [6.07, 6.45) is 3.40. The Bertz CT molecular complexity index is 317. The highest BCUT2D eigenvalue weighted by molar-refractivity contribution is 5.80. The third-order valence-electron chi connectivity index (χ3n) is 4.49. The molecule has 104 valence electrons. The summed E-state index contributed by atoms with van der Waals surface area (Å²) in [6, 6.07) is 0. The number of nitrogens with zero attached hydrogens (tertiary/aromatic N) is 1. The van der Waals surface area contributed by atoms with Crippen molar-refractivity contribution in [3.05, 3.63) is 0 Å². The lowest BCUT2D eigenvalue weighted by Crippen LogP contribution is -2.60. The number of likely N-dealkylation sites (N-methyl/N-ethyl adjacent to an activating group) is 2. The molecule has 4 nitrogen and oxygen atoms in total. The maximum absolute atomic E-state index is 11.7.